The van der Waals surface area contributed by atoms with E-state index in [0.29, 0.717) is 36.8 Å². The zero-order valence-electron chi connectivity index (χ0n) is 28.5. The summed E-state index contributed by atoms with van der Waals surface area (Å²) in [4.78, 5) is 79.5. The summed E-state index contributed by atoms with van der Waals surface area (Å²) in [5.74, 6) is -3.19. The summed E-state index contributed by atoms with van der Waals surface area (Å²) in [6.07, 6.45) is 10.0. The number of fused-ring (bicyclic) bond motifs is 3. The van der Waals surface area contributed by atoms with E-state index < -0.39 is 74.3 Å². The van der Waals surface area contributed by atoms with Crippen LogP contribution in [0.2, 0.25) is 0 Å². The highest BCUT2D eigenvalue weighted by molar-refractivity contribution is 7.90. The van der Waals surface area contributed by atoms with Gasteiger partial charge in [0.15, 0.2) is 5.78 Å². The molecule has 3 fully saturated rings. The van der Waals surface area contributed by atoms with Gasteiger partial charge in [-0.25, -0.2) is 22.6 Å². The van der Waals surface area contributed by atoms with Crippen LogP contribution in [-0.4, -0.2) is 87.8 Å². The van der Waals surface area contributed by atoms with Gasteiger partial charge in [-0.05, 0) is 56.1 Å². The Morgan fingerprint density at radius 1 is 1.04 bits per heavy atom. The minimum atomic E-state index is -3.89. The Morgan fingerprint density at radius 3 is 2.62 bits per heavy atom. The van der Waals surface area contributed by atoms with Gasteiger partial charge >= 0.3 is 6.09 Å². The number of carbonyl (C=O) groups excluding carboxylic acids is 5. The second-order valence-corrected chi connectivity index (χ2v) is 16.4. The first-order chi connectivity index (χ1) is 24.9. The summed E-state index contributed by atoms with van der Waals surface area (Å²) in [5.41, 5.74) is -0.257. The van der Waals surface area contributed by atoms with Crippen LogP contribution in [0.15, 0.2) is 48.9 Å². The molecule has 0 bridgehead atoms. The van der Waals surface area contributed by atoms with Crippen LogP contribution in [0.1, 0.15) is 85.8 Å². The second kappa shape index (κ2) is 14.4. The van der Waals surface area contributed by atoms with Crippen LogP contribution in [0.25, 0.3) is 0 Å². The van der Waals surface area contributed by atoms with Crippen LogP contribution in [-0.2, 0) is 42.2 Å². The average molecular weight is 737 g/mol. The number of hydrogen-bond donors (Lipinski definition) is 2. The van der Waals surface area contributed by atoms with Crippen molar-refractivity contribution in [1.29, 1.82) is 0 Å². The van der Waals surface area contributed by atoms with Crippen molar-refractivity contribution >= 4 is 39.6 Å². The molecule has 0 unspecified atom stereocenters. The summed E-state index contributed by atoms with van der Waals surface area (Å²) in [5, 5.41) is 2.13. The van der Waals surface area contributed by atoms with Gasteiger partial charge in [0.2, 0.25) is 21.8 Å². The zero-order valence-corrected chi connectivity index (χ0v) is 29.4. The molecule has 5 atom stereocenters. The van der Waals surface area contributed by atoms with E-state index >= 15 is 0 Å². The Labute approximate surface area is 300 Å². The van der Waals surface area contributed by atoms with Gasteiger partial charge in [0, 0.05) is 37.3 Å². The molecule has 0 spiro atoms. The van der Waals surface area contributed by atoms with Crippen molar-refractivity contribution in [2.75, 3.05) is 6.54 Å². The maximum atomic E-state index is 14.4. The number of Topliss-reactive ketones (excluding diaryl/α,β-unsaturated/α-hetero) is 1. The molecule has 16 heteroatoms. The van der Waals surface area contributed by atoms with Crippen LogP contribution in [0.3, 0.4) is 0 Å². The monoisotopic (exact) mass is 736 g/mol. The molecule has 52 heavy (non-hydrogen) atoms. The Balaban J connectivity index is 1.14. The summed E-state index contributed by atoms with van der Waals surface area (Å²) >= 11 is 0. The van der Waals surface area contributed by atoms with Gasteiger partial charge in [0.05, 0.1) is 36.0 Å². The van der Waals surface area contributed by atoms with Gasteiger partial charge in [-0.1, -0.05) is 37.1 Å². The smallest absolute Gasteiger partial charge is 0.410 e. The van der Waals surface area contributed by atoms with Gasteiger partial charge < -0.3 is 15.0 Å². The minimum absolute atomic E-state index is 0.00531. The standard InChI is InChI=1S/C36H41FN6O8S/c37-27-9-6-7-22-19-42(21-26(22)27)35(48)51-24-15-30-31(44)17-36(34(47)41-52(49,50)25-11-12-25)16-23(36)8-4-2-1-3-5-10-28(33(46)43(30)20-24)40-32(45)29-18-38-13-14-39-29/h4,6-9,13-14,18,23-25,28,30H,1-3,5,10-12,15-17,19-21H2,(H,40,45)(H,41,47)/b8-4-/t23-,24-,28+,30+,36-/m1/s1. The first-order valence-corrected chi connectivity index (χ1v) is 19.3. The van der Waals surface area contributed by atoms with Crippen molar-refractivity contribution in [2.24, 2.45) is 11.3 Å². The van der Waals surface area contributed by atoms with Gasteiger partial charge in [-0.3, -0.25) is 33.8 Å². The lowest BCUT2D eigenvalue weighted by molar-refractivity contribution is -0.140. The number of carbonyl (C=O) groups is 5. The number of halogens is 1. The largest absolute Gasteiger partial charge is 0.444 e. The topological polar surface area (TPSA) is 185 Å². The molecule has 1 aromatic heterocycles. The summed E-state index contributed by atoms with van der Waals surface area (Å²) < 4.78 is 48.1. The molecule has 2 N–H and O–H groups in total. The van der Waals surface area contributed by atoms with Crippen molar-refractivity contribution < 1.29 is 41.5 Å². The number of sulfonamides is 1. The average Bonchev–Trinajstić information content (AvgIpc) is 4.01. The fourth-order valence-electron chi connectivity index (χ4n) is 7.56. The predicted octanol–water partition coefficient (Wildman–Crippen LogP) is 2.93. The number of nitrogens with zero attached hydrogens (tertiary/aromatic N) is 4. The van der Waals surface area contributed by atoms with Crippen molar-refractivity contribution in [2.45, 2.75) is 101 Å². The third-order valence-corrected chi connectivity index (χ3v) is 12.6. The quantitative estimate of drug-likeness (QED) is 0.418. The van der Waals surface area contributed by atoms with Gasteiger partial charge in [0.25, 0.3) is 5.91 Å². The van der Waals surface area contributed by atoms with E-state index in [9.17, 15) is 36.8 Å². The lowest BCUT2D eigenvalue weighted by Gasteiger charge is -2.29. The SMILES string of the molecule is O=C(N[C@H]1CCCCC/C=C\[C@@H]2C[C@@]2(C(=O)NS(=O)(=O)C2CC2)CC(=O)[C@@H]2C[C@@H](OC(=O)N3Cc4cccc(F)c4C3)CN2C1=O)c1cnccn1. The number of amides is 4. The first kappa shape index (κ1) is 35.7. The molecule has 0 radical (unpaired) electrons. The van der Waals surface area contributed by atoms with Crippen LogP contribution >= 0.6 is 0 Å². The van der Waals surface area contributed by atoms with Crippen molar-refractivity contribution in [3.63, 3.8) is 0 Å². The van der Waals surface area contributed by atoms with E-state index in [1.807, 2.05) is 12.2 Å². The first-order valence-electron chi connectivity index (χ1n) is 17.8. The van der Waals surface area contributed by atoms with E-state index in [0.717, 1.165) is 12.8 Å². The summed E-state index contributed by atoms with van der Waals surface area (Å²) in [6, 6.07) is 2.44. The van der Waals surface area contributed by atoms with Crippen LogP contribution in [0, 0.1) is 17.2 Å². The van der Waals surface area contributed by atoms with Crippen molar-refractivity contribution in [3.05, 3.63) is 71.6 Å². The molecular formula is C36H41FN6O8S. The van der Waals surface area contributed by atoms with E-state index in [4.69, 9.17) is 4.74 Å². The highest BCUT2D eigenvalue weighted by atomic mass is 32.2. The molecule has 2 aliphatic carbocycles. The van der Waals surface area contributed by atoms with Crippen molar-refractivity contribution in [3.8, 4) is 0 Å². The molecule has 276 valence electrons. The number of nitrogens with one attached hydrogen (secondary N) is 2. The highest BCUT2D eigenvalue weighted by Gasteiger charge is 2.61. The van der Waals surface area contributed by atoms with E-state index in [-0.39, 0.29) is 56.9 Å². The predicted molar refractivity (Wildman–Crippen MR) is 182 cm³/mol. The Hall–Kier alpha value is -4.73. The molecule has 1 saturated heterocycles. The van der Waals surface area contributed by atoms with Crippen LogP contribution in [0.4, 0.5) is 9.18 Å². The van der Waals surface area contributed by atoms with Crippen molar-refractivity contribution in [1.82, 2.24) is 29.8 Å². The molecule has 4 amide bonds. The molecule has 14 nitrogen and oxygen atoms in total. The number of ketones is 1. The summed E-state index contributed by atoms with van der Waals surface area (Å²) in [7, 11) is -3.89. The minimum Gasteiger partial charge on any atom is -0.444 e. The number of allylic oxidation sites excluding steroid dienone is 2. The Morgan fingerprint density at radius 2 is 1.87 bits per heavy atom. The fraction of sp³-hybridized carbons (Fsp3) is 0.528. The van der Waals surface area contributed by atoms with E-state index in [1.165, 1.54) is 34.5 Å². The highest BCUT2D eigenvalue weighted by Crippen LogP contribution is 2.57. The van der Waals surface area contributed by atoms with E-state index in [2.05, 4.69) is 20.0 Å². The Kier molecular flexibility index (Phi) is 9.85. The fourth-order valence-corrected chi connectivity index (χ4v) is 8.95. The molecule has 4 heterocycles. The van der Waals surface area contributed by atoms with Crippen LogP contribution in [0.5, 0.6) is 0 Å². The van der Waals surface area contributed by atoms with Crippen LogP contribution < -0.4 is 10.0 Å². The summed E-state index contributed by atoms with van der Waals surface area (Å²) in [6.45, 7) is -0.0198. The molecule has 2 saturated carbocycles. The zero-order chi connectivity index (χ0) is 36.6. The van der Waals surface area contributed by atoms with Gasteiger partial charge in [0.1, 0.15) is 23.7 Å². The maximum absolute atomic E-state index is 14.4. The number of ether oxygens (including phenoxy) is 1. The number of aromatic nitrogens is 2. The third kappa shape index (κ3) is 7.43. The molecule has 5 aliphatic rings. The molecule has 7 rings (SSSR count). The lowest BCUT2D eigenvalue weighted by Crippen LogP contribution is -2.52. The number of rotatable bonds is 6. The normalized spacial score (nSPS) is 28.4. The molecule has 3 aliphatic heterocycles. The maximum Gasteiger partial charge on any atom is 0.410 e. The van der Waals surface area contributed by atoms with E-state index in [1.54, 1.807) is 12.1 Å². The lowest BCUT2D eigenvalue weighted by atomic mass is 9.91. The molecular weight excluding hydrogens is 695 g/mol. The van der Waals surface area contributed by atoms with Gasteiger partial charge in [-0.15, -0.1) is 0 Å². The number of benzene rings is 1. The number of hydrogen-bond acceptors (Lipinski definition) is 10. The Bertz CT molecular complexity index is 1910. The molecule has 2 aromatic rings. The van der Waals surface area contributed by atoms with Gasteiger partial charge in [-0.2, -0.15) is 0 Å². The second-order valence-electron chi connectivity index (χ2n) is 14.4. The third-order valence-electron chi connectivity index (χ3n) is 10.8. The molecule has 1 aromatic carbocycles.